The molecule has 5 aromatic rings. The number of para-hydroxylation sites is 1. The standard InChI is InChI=1S/C27H25N4O5/c1-4-36-27(33)21-15-28-31-22-17-29(16-18-10-11-23(34-2)24(14-18)35-3)13-12-20(22)26(32)30(25(21)31)19-8-6-5-7-9-19/h5-15,17H,4,16H2,1-3H3/q+1. The molecule has 0 atom stereocenters. The maximum Gasteiger partial charge on any atom is 0.343 e. The number of methoxy groups -OCH3 is 2. The van der Waals surface area contributed by atoms with E-state index in [9.17, 15) is 9.59 Å². The molecule has 0 saturated heterocycles. The van der Waals surface area contributed by atoms with Crippen molar-refractivity contribution in [2.45, 2.75) is 13.5 Å². The number of esters is 1. The molecule has 2 aromatic carbocycles. The van der Waals surface area contributed by atoms with Gasteiger partial charge in [-0.15, -0.1) is 0 Å². The zero-order chi connectivity index (χ0) is 25.2. The monoisotopic (exact) mass is 485 g/mol. The first-order chi connectivity index (χ1) is 17.5. The summed E-state index contributed by atoms with van der Waals surface area (Å²) in [6, 6.07) is 16.7. The van der Waals surface area contributed by atoms with Crippen LogP contribution in [0.1, 0.15) is 22.8 Å². The molecule has 0 amide bonds. The van der Waals surface area contributed by atoms with Crippen molar-refractivity contribution in [2.24, 2.45) is 0 Å². The smallest absolute Gasteiger partial charge is 0.343 e. The van der Waals surface area contributed by atoms with Crippen LogP contribution in [0.5, 0.6) is 11.5 Å². The Bertz CT molecular complexity index is 1640. The van der Waals surface area contributed by atoms with Gasteiger partial charge in [-0.2, -0.15) is 9.67 Å². The average Bonchev–Trinajstić information content (AvgIpc) is 3.34. The molecule has 3 heterocycles. The van der Waals surface area contributed by atoms with Gasteiger partial charge in [-0.3, -0.25) is 9.36 Å². The maximum atomic E-state index is 13.7. The van der Waals surface area contributed by atoms with Gasteiger partial charge < -0.3 is 14.2 Å². The van der Waals surface area contributed by atoms with Gasteiger partial charge in [-0.1, -0.05) is 18.2 Å². The molecule has 182 valence electrons. The van der Waals surface area contributed by atoms with Gasteiger partial charge in [0.1, 0.15) is 11.1 Å². The highest BCUT2D eigenvalue weighted by Crippen LogP contribution is 2.27. The predicted molar refractivity (Wildman–Crippen MR) is 133 cm³/mol. The van der Waals surface area contributed by atoms with Crippen molar-refractivity contribution >= 4 is 22.5 Å². The van der Waals surface area contributed by atoms with Gasteiger partial charge in [0, 0.05) is 11.6 Å². The lowest BCUT2D eigenvalue weighted by atomic mass is 10.2. The SMILES string of the molecule is CCOC(=O)c1cnn2c3c[n+](Cc4ccc(OC)c(OC)c4)ccc3c(=O)n(-c3ccccc3)c12. The normalized spacial score (nSPS) is 11.1. The van der Waals surface area contributed by atoms with Crippen molar-refractivity contribution < 1.29 is 23.6 Å². The van der Waals surface area contributed by atoms with Crippen molar-refractivity contribution in [1.82, 2.24) is 14.2 Å². The molecule has 0 saturated carbocycles. The number of pyridine rings is 1. The van der Waals surface area contributed by atoms with E-state index in [1.165, 1.54) is 10.8 Å². The summed E-state index contributed by atoms with van der Waals surface area (Å²) in [6.45, 7) is 2.47. The molecule has 3 aromatic heterocycles. The average molecular weight is 486 g/mol. The van der Waals surface area contributed by atoms with E-state index < -0.39 is 5.97 Å². The molecule has 0 radical (unpaired) electrons. The zero-order valence-corrected chi connectivity index (χ0v) is 20.2. The van der Waals surface area contributed by atoms with E-state index in [1.807, 2.05) is 65.5 Å². The third-order valence-corrected chi connectivity index (χ3v) is 5.94. The summed E-state index contributed by atoms with van der Waals surface area (Å²) in [5, 5.41) is 4.95. The van der Waals surface area contributed by atoms with E-state index in [-0.39, 0.29) is 17.7 Å². The molecule has 9 nitrogen and oxygen atoms in total. The van der Waals surface area contributed by atoms with Crippen LogP contribution in [0.3, 0.4) is 0 Å². The molecular formula is C27H25N4O5+. The first-order valence-corrected chi connectivity index (χ1v) is 11.4. The largest absolute Gasteiger partial charge is 0.493 e. The number of rotatable bonds is 7. The van der Waals surface area contributed by atoms with Gasteiger partial charge in [0.25, 0.3) is 5.56 Å². The molecule has 0 aliphatic heterocycles. The number of aromatic nitrogens is 4. The second-order valence-corrected chi connectivity index (χ2v) is 8.10. The number of carbonyl (C=O) groups is 1. The Morgan fingerprint density at radius 3 is 2.53 bits per heavy atom. The fourth-order valence-electron chi connectivity index (χ4n) is 4.28. The third kappa shape index (κ3) is 3.94. The molecule has 36 heavy (non-hydrogen) atoms. The molecule has 0 aliphatic carbocycles. The van der Waals surface area contributed by atoms with E-state index in [1.54, 1.807) is 31.7 Å². The lowest BCUT2D eigenvalue weighted by Crippen LogP contribution is -2.35. The lowest BCUT2D eigenvalue weighted by Gasteiger charge is -2.12. The van der Waals surface area contributed by atoms with Crippen LogP contribution < -0.4 is 19.6 Å². The van der Waals surface area contributed by atoms with Gasteiger partial charge >= 0.3 is 5.97 Å². The van der Waals surface area contributed by atoms with Crippen molar-refractivity contribution in [1.29, 1.82) is 0 Å². The van der Waals surface area contributed by atoms with Crippen LogP contribution >= 0.6 is 0 Å². The Morgan fingerprint density at radius 1 is 1.03 bits per heavy atom. The first kappa shape index (κ1) is 23.1. The molecule has 0 bridgehead atoms. The molecule has 0 unspecified atom stereocenters. The lowest BCUT2D eigenvalue weighted by molar-refractivity contribution is -0.687. The summed E-state index contributed by atoms with van der Waals surface area (Å²) < 4.78 is 21.1. The number of benzene rings is 2. The highest BCUT2D eigenvalue weighted by molar-refractivity contribution is 5.97. The fraction of sp³-hybridized carbons (Fsp3) is 0.185. The van der Waals surface area contributed by atoms with E-state index >= 15 is 0 Å². The van der Waals surface area contributed by atoms with Crippen LogP contribution in [0.15, 0.2) is 78.0 Å². The molecular weight excluding hydrogens is 460 g/mol. The topological polar surface area (TPSA) is 87.9 Å². The second kappa shape index (κ2) is 9.53. The number of fused-ring (bicyclic) bond motifs is 3. The van der Waals surface area contributed by atoms with Gasteiger partial charge in [0.15, 0.2) is 36.1 Å². The molecule has 9 heteroatoms. The number of hydrogen-bond acceptors (Lipinski definition) is 6. The number of hydrogen-bond donors (Lipinski definition) is 0. The van der Waals surface area contributed by atoms with Crippen molar-refractivity contribution in [3.8, 4) is 17.2 Å². The Kier molecular flexibility index (Phi) is 6.12. The van der Waals surface area contributed by atoms with Gasteiger partial charge in [0.2, 0.25) is 0 Å². The van der Waals surface area contributed by atoms with Crippen LogP contribution in [-0.4, -0.2) is 41.0 Å². The predicted octanol–water partition coefficient (Wildman–Crippen LogP) is 3.17. The number of nitrogens with zero attached hydrogens (tertiary/aromatic N) is 4. The van der Waals surface area contributed by atoms with E-state index in [0.29, 0.717) is 40.3 Å². The van der Waals surface area contributed by atoms with Gasteiger partial charge in [-0.05, 0) is 37.3 Å². The number of ether oxygens (including phenoxy) is 3. The molecule has 0 aliphatic rings. The minimum atomic E-state index is -0.537. The number of carbonyl (C=O) groups excluding carboxylic acids is 1. The highest BCUT2D eigenvalue weighted by atomic mass is 16.5. The Labute approximate surface area is 206 Å². The van der Waals surface area contributed by atoms with Crippen molar-refractivity contribution in [3.05, 3.63) is 94.7 Å². The molecule has 0 fully saturated rings. The van der Waals surface area contributed by atoms with Crippen molar-refractivity contribution in [3.63, 3.8) is 0 Å². The quantitative estimate of drug-likeness (QED) is 0.260. The van der Waals surface area contributed by atoms with Crippen molar-refractivity contribution in [2.75, 3.05) is 20.8 Å². The van der Waals surface area contributed by atoms with Gasteiger partial charge in [-0.25, -0.2) is 9.31 Å². The van der Waals surface area contributed by atoms with Crippen LogP contribution in [0.2, 0.25) is 0 Å². The summed E-state index contributed by atoms with van der Waals surface area (Å²) in [6.07, 6.45) is 5.13. The minimum absolute atomic E-state index is 0.213. The summed E-state index contributed by atoms with van der Waals surface area (Å²) >= 11 is 0. The summed E-state index contributed by atoms with van der Waals surface area (Å²) in [5.41, 5.74) is 2.49. The first-order valence-electron chi connectivity index (χ1n) is 11.4. The minimum Gasteiger partial charge on any atom is -0.493 e. The Hall–Kier alpha value is -4.66. The van der Waals surface area contributed by atoms with E-state index in [0.717, 1.165) is 5.56 Å². The highest BCUT2D eigenvalue weighted by Gasteiger charge is 2.23. The van der Waals surface area contributed by atoms with Crippen LogP contribution in [0.25, 0.3) is 22.2 Å². The van der Waals surface area contributed by atoms with Crippen LogP contribution in [-0.2, 0) is 11.3 Å². The van der Waals surface area contributed by atoms with E-state index in [2.05, 4.69) is 5.10 Å². The zero-order valence-electron chi connectivity index (χ0n) is 20.2. The summed E-state index contributed by atoms with van der Waals surface area (Å²) in [4.78, 5) is 26.5. The second-order valence-electron chi connectivity index (χ2n) is 8.10. The molecule has 0 spiro atoms. The maximum absolute atomic E-state index is 13.7. The van der Waals surface area contributed by atoms with E-state index in [4.69, 9.17) is 14.2 Å². The van der Waals surface area contributed by atoms with Crippen LogP contribution in [0.4, 0.5) is 0 Å². The molecule has 5 rings (SSSR count). The summed E-state index contributed by atoms with van der Waals surface area (Å²) in [7, 11) is 3.19. The Balaban J connectivity index is 1.71. The van der Waals surface area contributed by atoms with Crippen LogP contribution in [0, 0.1) is 0 Å². The summed E-state index contributed by atoms with van der Waals surface area (Å²) in [5.74, 6) is 0.747. The molecule has 0 N–H and O–H groups in total. The Morgan fingerprint density at radius 2 is 1.81 bits per heavy atom. The van der Waals surface area contributed by atoms with Gasteiger partial charge in [0.05, 0.1) is 38.1 Å². The third-order valence-electron chi connectivity index (χ3n) is 5.94. The fourth-order valence-corrected chi connectivity index (χ4v) is 4.28.